The summed E-state index contributed by atoms with van der Waals surface area (Å²) in [5.74, 6) is 1.90. The molecule has 1 aromatic heterocycles. The number of H-pyrrole nitrogens is 1. The third kappa shape index (κ3) is 2.79. The molecule has 1 saturated heterocycles. The van der Waals surface area contributed by atoms with Crippen molar-refractivity contribution in [1.82, 2.24) is 9.97 Å². The van der Waals surface area contributed by atoms with E-state index in [0.717, 1.165) is 18.7 Å². The van der Waals surface area contributed by atoms with Gasteiger partial charge in [0.15, 0.2) is 0 Å². The third-order valence-electron chi connectivity index (χ3n) is 3.56. The van der Waals surface area contributed by atoms with Crippen LogP contribution in [0.5, 0.6) is 0 Å². The van der Waals surface area contributed by atoms with Crippen molar-refractivity contribution < 1.29 is 9.84 Å². The van der Waals surface area contributed by atoms with Crippen molar-refractivity contribution >= 4 is 5.82 Å². The molecule has 1 aliphatic carbocycles. The lowest BCUT2D eigenvalue weighted by atomic mass is 10.2. The highest BCUT2D eigenvalue weighted by molar-refractivity contribution is 5.39. The van der Waals surface area contributed by atoms with Gasteiger partial charge in [0.05, 0.1) is 18.8 Å². The van der Waals surface area contributed by atoms with E-state index in [4.69, 9.17) is 4.74 Å². The maximum atomic E-state index is 11.7. The standard InChI is InChI=1S/C13H19N3O3/c1-8-5-16(6-10(7-17)19-8)11-4-12(18)15-13(14-11)9-2-3-9/h4,8-10,17H,2-3,5-7H2,1H3,(H,14,15,18). The molecule has 6 heteroatoms. The minimum absolute atomic E-state index is 0.0144. The summed E-state index contributed by atoms with van der Waals surface area (Å²) in [4.78, 5) is 21.1. The van der Waals surface area contributed by atoms with Crippen LogP contribution in [0.3, 0.4) is 0 Å². The van der Waals surface area contributed by atoms with Crippen LogP contribution in [0.25, 0.3) is 0 Å². The van der Waals surface area contributed by atoms with Gasteiger partial charge in [-0.15, -0.1) is 0 Å². The van der Waals surface area contributed by atoms with Gasteiger partial charge >= 0.3 is 0 Å². The summed E-state index contributed by atoms with van der Waals surface area (Å²) in [5, 5.41) is 9.24. The smallest absolute Gasteiger partial charge is 0.252 e. The highest BCUT2D eigenvalue weighted by atomic mass is 16.5. The van der Waals surface area contributed by atoms with Crippen molar-refractivity contribution in [3.8, 4) is 0 Å². The molecule has 3 rings (SSSR count). The van der Waals surface area contributed by atoms with Crippen LogP contribution in [0, 0.1) is 0 Å². The van der Waals surface area contributed by atoms with Gasteiger partial charge in [-0.05, 0) is 19.8 Å². The molecule has 0 aromatic carbocycles. The molecule has 0 bridgehead atoms. The van der Waals surface area contributed by atoms with E-state index >= 15 is 0 Å². The van der Waals surface area contributed by atoms with Crippen LogP contribution in [-0.4, -0.2) is 47.0 Å². The van der Waals surface area contributed by atoms with Gasteiger partial charge in [0, 0.05) is 25.1 Å². The molecular formula is C13H19N3O3. The summed E-state index contributed by atoms with van der Waals surface area (Å²) in [7, 11) is 0. The lowest BCUT2D eigenvalue weighted by Crippen LogP contribution is -2.48. The molecule has 1 saturated carbocycles. The summed E-state index contributed by atoms with van der Waals surface area (Å²) < 4.78 is 5.60. The van der Waals surface area contributed by atoms with Crippen molar-refractivity contribution in [1.29, 1.82) is 0 Å². The summed E-state index contributed by atoms with van der Waals surface area (Å²) in [5.41, 5.74) is -0.105. The first-order valence-electron chi connectivity index (χ1n) is 6.78. The van der Waals surface area contributed by atoms with Crippen LogP contribution in [0.4, 0.5) is 5.82 Å². The Balaban J connectivity index is 1.86. The first kappa shape index (κ1) is 12.6. The number of hydrogen-bond donors (Lipinski definition) is 2. The van der Waals surface area contributed by atoms with Crippen LogP contribution in [0.15, 0.2) is 10.9 Å². The fraction of sp³-hybridized carbons (Fsp3) is 0.692. The summed E-state index contributed by atoms with van der Waals surface area (Å²) in [6.45, 7) is 3.21. The number of nitrogens with zero attached hydrogens (tertiary/aromatic N) is 2. The van der Waals surface area contributed by atoms with E-state index in [9.17, 15) is 9.90 Å². The SMILES string of the molecule is CC1CN(c2cc(=O)[nH]c(C3CC3)n2)CC(CO)O1. The molecule has 0 amide bonds. The van der Waals surface area contributed by atoms with Crippen molar-refractivity contribution in [2.24, 2.45) is 0 Å². The molecule has 2 atom stereocenters. The number of ether oxygens (including phenoxy) is 1. The molecule has 2 N–H and O–H groups in total. The van der Waals surface area contributed by atoms with E-state index in [-0.39, 0.29) is 24.4 Å². The molecule has 6 nitrogen and oxygen atoms in total. The maximum Gasteiger partial charge on any atom is 0.252 e. The number of nitrogens with one attached hydrogen (secondary N) is 1. The minimum Gasteiger partial charge on any atom is -0.394 e. The van der Waals surface area contributed by atoms with Crippen molar-refractivity contribution in [3.63, 3.8) is 0 Å². The second-order valence-corrected chi connectivity index (χ2v) is 5.42. The van der Waals surface area contributed by atoms with E-state index in [1.807, 2.05) is 11.8 Å². The molecule has 1 aromatic rings. The van der Waals surface area contributed by atoms with Crippen LogP contribution in [0.1, 0.15) is 31.5 Å². The van der Waals surface area contributed by atoms with E-state index in [2.05, 4.69) is 9.97 Å². The Labute approximate surface area is 111 Å². The van der Waals surface area contributed by atoms with Crippen LogP contribution in [-0.2, 0) is 4.74 Å². The molecular weight excluding hydrogens is 246 g/mol. The Morgan fingerprint density at radius 1 is 1.53 bits per heavy atom. The average Bonchev–Trinajstić information content (AvgIpc) is 3.21. The molecule has 19 heavy (non-hydrogen) atoms. The van der Waals surface area contributed by atoms with Gasteiger partial charge in [0.1, 0.15) is 11.6 Å². The lowest BCUT2D eigenvalue weighted by Gasteiger charge is -2.36. The Kier molecular flexibility index (Phi) is 3.28. The van der Waals surface area contributed by atoms with Gasteiger partial charge < -0.3 is 19.7 Å². The zero-order valence-corrected chi connectivity index (χ0v) is 11.0. The molecule has 1 aliphatic heterocycles. The van der Waals surface area contributed by atoms with Gasteiger partial charge in [0.2, 0.25) is 0 Å². The summed E-state index contributed by atoms with van der Waals surface area (Å²) >= 11 is 0. The normalized spacial score (nSPS) is 27.6. The van der Waals surface area contributed by atoms with E-state index in [1.54, 1.807) is 0 Å². The highest BCUT2D eigenvalue weighted by Crippen LogP contribution is 2.38. The second-order valence-electron chi connectivity index (χ2n) is 5.42. The van der Waals surface area contributed by atoms with Crippen molar-refractivity contribution in [2.45, 2.75) is 37.9 Å². The zero-order chi connectivity index (χ0) is 13.4. The number of aromatic nitrogens is 2. The number of aliphatic hydroxyl groups excluding tert-OH is 1. The molecule has 0 radical (unpaired) electrons. The lowest BCUT2D eigenvalue weighted by molar-refractivity contribution is -0.0423. The number of anilines is 1. The molecule has 0 spiro atoms. The van der Waals surface area contributed by atoms with E-state index in [0.29, 0.717) is 24.8 Å². The molecule has 2 heterocycles. The number of hydrogen-bond acceptors (Lipinski definition) is 5. The largest absolute Gasteiger partial charge is 0.394 e. The van der Waals surface area contributed by atoms with E-state index < -0.39 is 0 Å². The quantitative estimate of drug-likeness (QED) is 0.818. The van der Waals surface area contributed by atoms with Crippen LogP contribution in [0.2, 0.25) is 0 Å². The zero-order valence-electron chi connectivity index (χ0n) is 11.0. The number of rotatable bonds is 3. The van der Waals surface area contributed by atoms with Crippen molar-refractivity contribution in [2.75, 3.05) is 24.6 Å². The monoisotopic (exact) mass is 265 g/mol. The Bertz CT molecular complexity index is 512. The van der Waals surface area contributed by atoms with Crippen molar-refractivity contribution in [3.05, 3.63) is 22.2 Å². The fourth-order valence-corrected chi connectivity index (χ4v) is 2.51. The first-order valence-corrected chi connectivity index (χ1v) is 6.78. The molecule has 2 unspecified atom stereocenters. The minimum atomic E-state index is -0.214. The average molecular weight is 265 g/mol. The Hall–Kier alpha value is -1.40. The number of aromatic amines is 1. The van der Waals surface area contributed by atoms with Gasteiger partial charge in [-0.25, -0.2) is 4.98 Å². The van der Waals surface area contributed by atoms with Gasteiger partial charge in [-0.3, -0.25) is 4.79 Å². The molecule has 2 fully saturated rings. The first-order chi connectivity index (χ1) is 9.15. The fourth-order valence-electron chi connectivity index (χ4n) is 2.51. The summed E-state index contributed by atoms with van der Waals surface area (Å²) in [6.07, 6.45) is 2.02. The highest BCUT2D eigenvalue weighted by Gasteiger charge is 2.29. The van der Waals surface area contributed by atoms with Crippen LogP contribution >= 0.6 is 0 Å². The topological polar surface area (TPSA) is 78.5 Å². The number of morpholine rings is 1. The maximum absolute atomic E-state index is 11.7. The van der Waals surface area contributed by atoms with Crippen LogP contribution < -0.4 is 10.5 Å². The number of aliphatic hydroxyl groups is 1. The molecule has 104 valence electrons. The van der Waals surface area contributed by atoms with Gasteiger partial charge in [-0.2, -0.15) is 0 Å². The van der Waals surface area contributed by atoms with Gasteiger partial charge in [-0.1, -0.05) is 0 Å². The third-order valence-corrected chi connectivity index (χ3v) is 3.56. The van der Waals surface area contributed by atoms with E-state index in [1.165, 1.54) is 6.07 Å². The predicted octanol–water partition coefficient (Wildman–Crippen LogP) is 0.233. The Morgan fingerprint density at radius 2 is 2.32 bits per heavy atom. The summed E-state index contributed by atoms with van der Waals surface area (Å²) in [6, 6.07) is 1.53. The van der Waals surface area contributed by atoms with Gasteiger partial charge in [0.25, 0.3) is 5.56 Å². The second kappa shape index (κ2) is 4.94. The Morgan fingerprint density at radius 3 is 3.00 bits per heavy atom. The predicted molar refractivity (Wildman–Crippen MR) is 70.5 cm³/mol. The molecule has 2 aliphatic rings.